The van der Waals surface area contributed by atoms with Crippen LogP contribution >= 0.6 is 15.9 Å². The largest absolute Gasteiger partial charge is 0.465 e. The fourth-order valence-electron chi connectivity index (χ4n) is 1.91. The van der Waals surface area contributed by atoms with Gasteiger partial charge in [0.2, 0.25) is 0 Å². The molecule has 23 heavy (non-hydrogen) atoms. The van der Waals surface area contributed by atoms with Gasteiger partial charge >= 0.3 is 12.0 Å². The average molecular weight is 377 g/mol. The molecule has 2 N–H and O–H groups in total. The quantitative estimate of drug-likeness (QED) is 0.787. The number of carbonyl (C=O) groups excluding carboxylic acids is 2. The monoisotopic (exact) mass is 376 g/mol. The van der Waals surface area contributed by atoms with Crippen molar-refractivity contribution in [3.63, 3.8) is 0 Å². The number of amides is 2. The van der Waals surface area contributed by atoms with E-state index in [0.29, 0.717) is 18.7 Å². The summed E-state index contributed by atoms with van der Waals surface area (Å²) in [4.78, 5) is 23.1. The Balaban J connectivity index is 1.77. The van der Waals surface area contributed by atoms with Gasteiger partial charge < -0.3 is 15.4 Å². The molecule has 0 radical (unpaired) electrons. The summed E-state index contributed by atoms with van der Waals surface area (Å²) in [5.74, 6) is -0.378. The Labute approximate surface area is 143 Å². The summed E-state index contributed by atoms with van der Waals surface area (Å²) in [5, 5.41) is 5.56. The molecular formula is C17H17BrN2O3. The summed E-state index contributed by atoms with van der Waals surface area (Å²) in [6, 6.07) is 14.4. The normalized spacial score (nSPS) is 10.0. The molecule has 5 nitrogen and oxygen atoms in total. The van der Waals surface area contributed by atoms with Crippen molar-refractivity contribution in [1.29, 1.82) is 0 Å². The number of esters is 1. The van der Waals surface area contributed by atoms with E-state index >= 15 is 0 Å². The first-order chi connectivity index (χ1) is 11.1. The smallest absolute Gasteiger partial charge is 0.337 e. The minimum absolute atomic E-state index is 0.245. The Kier molecular flexibility index (Phi) is 6.17. The number of hydrogen-bond acceptors (Lipinski definition) is 3. The Hall–Kier alpha value is -2.34. The lowest BCUT2D eigenvalue weighted by Gasteiger charge is -2.08. The van der Waals surface area contributed by atoms with Crippen LogP contribution in [0.15, 0.2) is 53.0 Å². The third-order valence-electron chi connectivity index (χ3n) is 3.19. The second-order valence-electron chi connectivity index (χ2n) is 4.85. The van der Waals surface area contributed by atoms with E-state index in [4.69, 9.17) is 0 Å². The summed E-state index contributed by atoms with van der Waals surface area (Å²) in [7, 11) is 1.34. The molecule has 2 aromatic carbocycles. The molecule has 0 saturated heterocycles. The number of hydrogen-bond donors (Lipinski definition) is 2. The molecule has 120 valence electrons. The maximum atomic E-state index is 11.8. The SMILES string of the molecule is COC(=O)c1ccc(CNC(=O)NCc2ccc(Br)cc2)cc1. The van der Waals surface area contributed by atoms with Gasteiger partial charge in [-0.1, -0.05) is 40.2 Å². The maximum Gasteiger partial charge on any atom is 0.337 e. The van der Waals surface area contributed by atoms with Gasteiger partial charge in [-0.05, 0) is 35.4 Å². The molecule has 2 amide bonds. The molecule has 2 rings (SSSR count). The first-order valence-electron chi connectivity index (χ1n) is 7.02. The van der Waals surface area contributed by atoms with Crippen LogP contribution in [0.4, 0.5) is 4.79 Å². The highest BCUT2D eigenvalue weighted by Crippen LogP contribution is 2.10. The zero-order valence-electron chi connectivity index (χ0n) is 12.6. The summed E-state index contributed by atoms with van der Waals surface area (Å²) in [6.45, 7) is 0.841. The summed E-state index contributed by atoms with van der Waals surface area (Å²) in [5.41, 5.74) is 2.40. The fourth-order valence-corrected chi connectivity index (χ4v) is 2.17. The van der Waals surface area contributed by atoms with Crippen LogP contribution in [-0.4, -0.2) is 19.1 Å². The van der Waals surface area contributed by atoms with Gasteiger partial charge in [-0.25, -0.2) is 9.59 Å². The number of ether oxygens (including phenoxy) is 1. The number of rotatable bonds is 5. The number of methoxy groups -OCH3 is 1. The molecule has 0 saturated carbocycles. The maximum absolute atomic E-state index is 11.8. The van der Waals surface area contributed by atoms with E-state index < -0.39 is 0 Å². The van der Waals surface area contributed by atoms with Crippen molar-refractivity contribution in [3.8, 4) is 0 Å². The number of urea groups is 1. The Bertz CT molecular complexity index is 669. The molecule has 0 aliphatic rings. The minimum Gasteiger partial charge on any atom is -0.465 e. The van der Waals surface area contributed by atoms with Gasteiger partial charge in [-0.15, -0.1) is 0 Å². The lowest BCUT2D eigenvalue weighted by Crippen LogP contribution is -2.34. The van der Waals surface area contributed by atoms with Crippen LogP contribution in [0.5, 0.6) is 0 Å². The Morgan fingerprint density at radius 1 is 0.913 bits per heavy atom. The van der Waals surface area contributed by atoms with E-state index in [1.807, 2.05) is 24.3 Å². The van der Waals surface area contributed by atoms with Crippen LogP contribution in [0.2, 0.25) is 0 Å². The standard InChI is InChI=1S/C17H17BrN2O3/c1-23-16(21)14-6-2-12(3-7-14)10-19-17(22)20-11-13-4-8-15(18)9-5-13/h2-9H,10-11H2,1H3,(H2,19,20,22). The lowest BCUT2D eigenvalue weighted by molar-refractivity contribution is 0.0600. The van der Waals surface area contributed by atoms with Gasteiger partial charge in [-0.2, -0.15) is 0 Å². The number of halogens is 1. The average Bonchev–Trinajstić information content (AvgIpc) is 2.59. The van der Waals surface area contributed by atoms with E-state index in [1.54, 1.807) is 24.3 Å². The fraction of sp³-hybridized carbons (Fsp3) is 0.176. The molecule has 0 atom stereocenters. The van der Waals surface area contributed by atoms with Crippen LogP contribution in [0.25, 0.3) is 0 Å². The van der Waals surface area contributed by atoms with Gasteiger partial charge in [-0.3, -0.25) is 0 Å². The zero-order valence-corrected chi connectivity index (χ0v) is 14.2. The van der Waals surface area contributed by atoms with E-state index in [0.717, 1.165) is 15.6 Å². The van der Waals surface area contributed by atoms with Crippen molar-refractivity contribution in [2.75, 3.05) is 7.11 Å². The molecule has 0 spiro atoms. The van der Waals surface area contributed by atoms with E-state index in [-0.39, 0.29) is 12.0 Å². The van der Waals surface area contributed by atoms with Gasteiger partial charge in [0.25, 0.3) is 0 Å². The molecule has 0 heterocycles. The third-order valence-corrected chi connectivity index (χ3v) is 3.72. The predicted octanol–water partition coefficient (Wildman–Crippen LogP) is 3.24. The van der Waals surface area contributed by atoms with Crippen LogP contribution in [0.3, 0.4) is 0 Å². The molecule has 2 aromatic rings. The number of carbonyl (C=O) groups is 2. The predicted molar refractivity (Wildman–Crippen MR) is 91.0 cm³/mol. The molecule has 0 aliphatic carbocycles. The van der Waals surface area contributed by atoms with Crippen molar-refractivity contribution in [2.24, 2.45) is 0 Å². The molecule has 0 aliphatic heterocycles. The van der Waals surface area contributed by atoms with Crippen LogP contribution < -0.4 is 10.6 Å². The van der Waals surface area contributed by atoms with Crippen LogP contribution in [0.1, 0.15) is 21.5 Å². The summed E-state index contributed by atoms with van der Waals surface area (Å²) < 4.78 is 5.64. The first-order valence-corrected chi connectivity index (χ1v) is 7.81. The second-order valence-corrected chi connectivity index (χ2v) is 5.77. The van der Waals surface area contributed by atoms with Crippen molar-refractivity contribution >= 4 is 27.9 Å². The zero-order chi connectivity index (χ0) is 16.7. The molecular weight excluding hydrogens is 360 g/mol. The molecule has 0 bridgehead atoms. The van der Waals surface area contributed by atoms with Crippen molar-refractivity contribution in [3.05, 3.63) is 69.7 Å². The Morgan fingerprint density at radius 2 is 1.39 bits per heavy atom. The molecule has 6 heteroatoms. The molecule has 0 aromatic heterocycles. The van der Waals surface area contributed by atoms with Crippen molar-refractivity contribution in [1.82, 2.24) is 10.6 Å². The van der Waals surface area contributed by atoms with Gasteiger partial charge in [0.05, 0.1) is 12.7 Å². The highest BCUT2D eigenvalue weighted by molar-refractivity contribution is 9.10. The second kappa shape index (κ2) is 8.33. The Morgan fingerprint density at radius 3 is 1.87 bits per heavy atom. The highest BCUT2D eigenvalue weighted by atomic mass is 79.9. The number of benzene rings is 2. The van der Waals surface area contributed by atoms with Crippen LogP contribution in [-0.2, 0) is 17.8 Å². The number of nitrogens with one attached hydrogen (secondary N) is 2. The summed E-state index contributed by atoms with van der Waals surface area (Å²) >= 11 is 3.37. The van der Waals surface area contributed by atoms with E-state index in [9.17, 15) is 9.59 Å². The van der Waals surface area contributed by atoms with E-state index in [1.165, 1.54) is 7.11 Å². The van der Waals surface area contributed by atoms with Gasteiger partial charge in [0.15, 0.2) is 0 Å². The van der Waals surface area contributed by atoms with Crippen molar-refractivity contribution in [2.45, 2.75) is 13.1 Å². The van der Waals surface area contributed by atoms with Crippen LogP contribution in [0, 0.1) is 0 Å². The summed E-state index contributed by atoms with van der Waals surface area (Å²) in [6.07, 6.45) is 0. The first kappa shape index (κ1) is 17.0. The topological polar surface area (TPSA) is 67.4 Å². The van der Waals surface area contributed by atoms with E-state index in [2.05, 4.69) is 31.3 Å². The highest BCUT2D eigenvalue weighted by Gasteiger charge is 2.05. The third kappa shape index (κ3) is 5.41. The van der Waals surface area contributed by atoms with Gasteiger partial charge in [0.1, 0.15) is 0 Å². The molecule has 0 fully saturated rings. The van der Waals surface area contributed by atoms with Gasteiger partial charge in [0, 0.05) is 17.6 Å². The van der Waals surface area contributed by atoms with Crippen molar-refractivity contribution < 1.29 is 14.3 Å². The molecule has 0 unspecified atom stereocenters. The lowest BCUT2D eigenvalue weighted by atomic mass is 10.1. The minimum atomic E-state index is -0.378.